The molecule has 23 heteroatoms. The molecule has 0 aromatic heterocycles. The molecule has 278 valence electrons. The summed E-state index contributed by atoms with van der Waals surface area (Å²) in [5.41, 5.74) is 5.43. The first-order valence-electron chi connectivity index (χ1n) is 15.2. The molecule has 49 heavy (non-hydrogen) atoms. The molecule has 1 aliphatic carbocycles. The first kappa shape index (κ1) is 44.0. The van der Waals surface area contributed by atoms with E-state index in [4.69, 9.17) is 24.7 Å². The summed E-state index contributed by atoms with van der Waals surface area (Å²) in [7, 11) is -5.61. The van der Waals surface area contributed by atoms with Crippen molar-refractivity contribution in [3.05, 3.63) is 0 Å². The van der Waals surface area contributed by atoms with Gasteiger partial charge in [0.15, 0.2) is 6.29 Å². The zero-order valence-electron chi connectivity index (χ0n) is 26.9. The largest absolute Gasteiger partial charge is 1.00 e. The van der Waals surface area contributed by atoms with Crippen LogP contribution in [0.15, 0.2) is 0 Å². The van der Waals surface area contributed by atoms with Crippen LogP contribution >= 0.6 is 0 Å². The van der Waals surface area contributed by atoms with E-state index in [0.29, 0.717) is 19.3 Å². The number of hydrogen-bond donors (Lipinski definition) is 10. The summed E-state index contributed by atoms with van der Waals surface area (Å²) in [5, 5.41) is 78.2. The Kier molecular flexibility index (Phi) is 17.1. The molecule has 3 rings (SSSR count). The van der Waals surface area contributed by atoms with E-state index in [0.717, 1.165) is 6.92 Å². The molecule has 11 N–H and O–H groups in total. The Morgan fingerprint density at radius 1 is 1.12 bits per heavy atom. The van der Waals surface area contributed by atoms with E-state index in [1.54, 1.807) is 0 Å². The van der Waals surface area contributed by atoms with E-state index in [-0.39, 0.29) is 55.0 Å². The first-order chi connectivity index (χ1) is 22.4. The van der Waals surface area contributed by atoms with Crippen LogP contribution in [-0.2, 0) is 47.9 Å². The molecule has 2 amide bonds. The molecule has 2 heterocycles. The second-order valence-corrected chi connectivity index (χ2v) is 12.9. The number of aliphatic hydroxyl groups excluding tert-OH is 6. The molecular formula is C26H44N3NaO18S. The number of aliphatic hydroxyl groups is 6. The zero-order valence-corrected chi connectivity index (χ0v) is 29.7. The van der Waals surface area contributed by atoms with Crippen LogP contribution in [0.1, 0.15) is 45.4 Å². The van der Waals surface area contributed by atoms with Crippen LogP contribution in [0.25, 0.3) is 0 Å². The van der Waals surface area contributed by atoms with Gasteiger partial charge in [-0.25, -0.2) is 17.4 Å². The molecule has 13 atom stereocenters. The standard InChI is InChI=1S/C26H45N3O18S.Na/c1-11(31)29-17-16(34)9-26(25(38)39,45-20(17)15(33)8-13(32)10-30)46-21-18(35)23(44-24(19(21)36)47-48(40,41)42)43-14-4-2-3-12(7-14)22(37)28-6-5-27;/h12-21,23-24,30,32-36H,2-10,27H2,1H3,(H,28,37)(H,29,31)(H,38,39)(H,40,41,42);/q;+1/p-1/t12-,13+,14+,15-,16+,17-,18-,19-,20?,21-,23-,24-,26+;/m1./s1. The number of carbonyl (C=O) groups is 3. The van der Waals surface area contributed by atoms with Crippen LogP contribution in [0.5, 0.6) is 0 Å². The normalized spacial score (nSPS) is 36.5. The summed E-state index contributed by atoms with van der Waals surface area (Å²) >= 11 is 0. The van der Waals surface area contributed by atoms with E-state index in [1.807, 2.05) is 0 Å². The predicted octanol–water partition coefficient (Wildman–Crippen LogP) is -8.55. The summed E-state index contributed by atoms with van der Waals surface area (Å²) < 4.78 is 61.0. The molecule has 1 unspecified atom stereocenters. The van der Waals surface area contributed by atoms with Crippen molar-refractivity contribution in [2.45, 2.75) is 119 Å². The minimum absolute atomic E-state index is 0. The minimum atomic E-state index is -5.61. The Balaban J connectivity index is 0.00000833. The Morgan fingerprint density at radius 2 is 1.78 bits per heavy atom. The van der Waals surface area contributed by atoms with Crippen molar-refractivity contribution in [1.29, 1.82) is 0 Å². The van der Waals surface area contributed by atoms with Crippen molar-refractivity contribution in [1.82, 2.24) is 10.6 Å². The van der Waals surface area contributed by atoms with Crippen LogP contribution < -0.4 is 45.9 Å². The minimum Gasteiger partial charge on any atom is -0.725 e. The van der Waals surface area contributed by atoms with Crippen molar-refractivity contribution in [3.63, 3.8) is 0 Å². The number of amides is 2. The topological polar surface area (TPSA) is 346 Å². The third-order valence-electron chi connectivity index (χ3n) is 8.18. The maximum absolute atomic E-state index is 12.7. The quantitative estimate of drug-likeness (QED) is 0.0423. The fourth-order valence-electron chi connectivity index (χ4n) is 5.95. The van der Waals surface area contributed by atoms with Gasteiger partial charge in [-0.05, 0) is 19.3 Å². The molecule has 0 aromatic carbocycles. The van der Waals surface area contributed by atoms with Gasteiger partial charge in [0.1, 0.15) is 24.4 Å². The molecule has 2 saturated heterocycles. The number of carbonyl (C=O) groups excluding carboxylic acids is 2. The number of nitrogens with one attached hydrogen (secondary N) is 2. The van der Waals surface area contributed by atoms with Gasteiger partial charge in [-0.15, -0.1) is 0 Å². The number of hydrogen-bond acceptors (Lipinski definition) is 18. The van der Waals surface area contributed by atoms with Gasteiger partial charge in [0.05, 0.1) is 37.1 Å². The third kappa shape index (κ3) is 11.9. The van der Waals surface area contributed by atoms with Gasteiger partial charge in [0.25, 0.3) is 5.79 Å². The zero-order chi connectivity index (χ0) is 36.0. The average molecular weight is 742 g/mol. The van der Waals surface area contributed by atoms with E-state index >= 15 is 0 Å². The Bertz CT molecular complexity index is 1220. The smallest absolute Gasteiger partial charge is 0.725 e. The van der Waals surface area contributed by atoms with Crippen molar-refractivity contribution in [2.75, 3.05) is 19.7 Å². The molecule has 0 spiro atoms. The van der Waals surface area contributed by atoms with Gasteiger partial charge in [-0.3, -0.25) is 9.59 Å². The molecule has 0 aromatic rings. The molecule has 0 radical (unpaired) electrons. The van der Waals surface area contributed by atoms with Crippen molar-refractivity contribution < 1.29 is 116 Å². The van der Waals surface area contributed by atoms with Gasteiger partial charge in [-0.2, -0.15) is 0 Å². The predicted molar refractivity (Wildman–Crippen MR) is 152 cm³/mol. The summed E-state index contributed by atoms with van der Waals surface area (Å²) in [4.78, 5) is 37.1. The van der Waals surface area contributed by atoms with Gasteiger partial charge >= 0.3 is 35.5 Å². The molecule has 2 aliphatic heterocycles. The number of ether oxygens (including phenoxy) is 4. The maximum atomic E-state index is 12.7. The number of rotatable bonds is 15. The van der Waals surface area contributed by atoms with Gasteiger partial charge in [0.2, 0.25) is 28.5 Å². The molecule has 3 fully saturated rings. The van der Waals surface area contributed by atoms with Crippen molar-refractivity contribution >= 4 is 28.2 Å². The number of carboxylic acids is 1. The second kappa shape index (κ2) is 19.1. The first-order valence-corrected chi connectivity index (χ1v) is 16.5. The monoisotopic (exact) mass is 741 g/mol. The third-order valence-corrected chi connectivity index (χ3v) is 8.60. The van der Waals surface area contributed by atoms with Gasteiger partial charge < -0.3 is 75.6 Å². The summed E-state index contributed by atoms with van der Waals surface area (Å²) in [6, 6.07) is -1.50. The molecule has 1 saturated carbocycles. The maximum Gasteiger partial charge on any atom is 1.00 e. The molecule has 3 aliphatic rings. The van der Waals surface area contributed by atoms with E-state index in [1.165, 1.54) is 0 Å². The van der Waals surface area contributed by atoms with E-state index in [9.17, 15) is 63.1 Å². The van der Waals surface area contributed by atoms with Crippen molar-refractivity contribution in [2.24, 2.45) is 11.7 Å². The van der Waals surface area contributed by atoms with Crippen LogP contribution in [0, 0.1) is 5.92 Å². The molecular weight excluding hydrogens is 697 g/mol. The van der Waals surface area contributed by atoms with Gasteiger partial charge in [0, 0.05) is 38.8 Å². The van der Waals surface area contributed by atoms with Crippen LogP contribution in [0.4, 0.5) is 0 Å². The fourth-order valence-corrected chi connectivity index (χ4v) is 6.34. The number of nitrogens with two attached hydrogens (primary N) is 1. The summed E-state index contributed by atoms with van der Waals surface area (Å²) in [5.74, 6) is -6.64. The molecule has 0 bridgehead atoms. The number of aliphatic carboxylic acids is 1. The Labute approximate surface area is 303 Å². The second-order valence-electron chi connectivity index (χ2n) is 11.9. The Morgan fingerprint density at radius 3 is 2.35 bits per heavy atom. The van der Waals surface area contributed by atoms with Crippen LogP contribution in [0.3, 0.4) is 0 Å². The van der Waals surface area contributed by atoms with E-state index in [2.05, 4.69) is 14.8 Å². The summed E-state index contributed by atoms with van der Waals surface area (Å²) in [6.07, 6.45) is -19.4. The fraction of sp³-hybridized carbons (Fsp3) is 0.885. The average Bonchev–Trinajstić information content (AvgIpc) is 3.00. The van der Waals surface area contributed by atoms with Crippen LogP contribution in [0.2, 0.25) is 0 Å². The summed E-state index contributed by atoms with van der Waals surface area (Å²) in [6.45, 7) is 0.641. The Hall–Kier alpha value is -1.16. The van der Waals surface area contributed by atoms with Crippen LogP contribution in [-0.4, -0.2) is 159 Å². The van der Waals surface area contributed by atoms with Gasteiger partial charge in [-0.1, -0.05) is 6.42 Å². The number of carboxylic acid groups (broad SMARTS) is 1. The van der Waals surface area contributed by atoms with Crippen molar-refractivity contribution in [3.8, 4) is 0 Å². The SMILES string of the molecule is CC(=O)N[C@H]1C([C@H](O)C[C@H](O)CO)O[C@@](O[C@@H]2[C@@H](O)[C@H](O[C@H]3CCC[C@@H](C(=O)NCCN)C3)O[C@H](OS(=O)(=O)[O-])[C@@H]2O)(C(=O)O)C[C@@H]1O.[Na+]. The molecule has 21 nitrogen and oxygen atoms in total. The van der Waals surface area contributed by atoms with E-state index < -0.39 is 121 Å².